The van der Waals surface area contributed by atoms with E-state index < -0.39 is 0 Å². The van der Waals surface area contributed by atoms with Crippen molar-refractivity contribution in [1.29, 1.82) is 0 Å². The number of aryl methyl sites for hydroxylation is 1. The third-order valence-electron chi connectivity index (χ3n) is 1.87. The topological polar surface area (TPSA) is 21.3 Å². The van der Waals surface area contributed by atoms with Gasteiger partial charge < -0.3 is 10.1 Å². The van der Waals surface area contributed by atoms with E-state index in [0.29, 0.717) is 6.61 Å². The van der Waals surface area contributed by atoms with Crippen molar-refractivity contribution in [2.75, 3.05) is 19.0 Å². The first-order chi connectivity index (χ1) is 6.61. The highest BCUT2D eigenvalue weighted by atomic mass is 35.5. The van der Waals surface area contributed by atoms with Gasteiger partial charge in [-0.1, -0.05) is 11.6 Å². The van der Waals surface area contributed by atoms with Crippen molar-refractivity contribution in [2.24, 2.45) is 0 Å². The minimum atomic E-state index is 0.290. The number of benzene rings is 1. The smallest absolute Gasteiger partial charge is 0.0661 e. The molecule has 1 rings (SSSR count). The molecule has 0 aliphatic carbocycles. The quantitative estimate of drug-likeness (QED) is 0.830. The Kier molecular flexibility index (Phi) is 4.23. The fourth-order valence-corrected chi connectivity index (χ4v) is 1.69. The summed E-state index contributed by atoms with van der Waals surface area (Å²) < 4.78 is 5.04. The number of hydrogen-bond acceptors (Lipinski definition) is 2. The average Bonchev–Trinajstić information content (AvgIpc) is 2.01. The van der Waals surface area contributed by atoms with E-state index in [9.17, 15) is 0 Å². The van der Waals surface area contributed by atoms with Gasteiger partial charge in [-0.25, -0.2) is 0 Å². The maximum atomic E-state index is 5.94. The lowest BCUT2D eigenvalue weighted by Crippen LogP contribution is -2.20. The first kappa shape index (κ1) is 11.3. The zero-order valence-corrected chi connectivity index (χ0v) is 9.56. The van der Waals surface area contributed by atoms with Crippen LogP contribution in [0.4, 0.5) is 5.69 Å². The molecule has 0 amide bonds. The molecule has 1 aromatic rings. The minimum Gasteiger partial charge on any atom is -0.383 e. The Balaban J connectivity index is 2.66. The summed E-state index contributed by atoms with van der Waals surface area (Å²) in [4.78, 5) is 0. The van der Waals surface area contributed by atoms with Gasteiger partial charge >= 0.3 is 0 Å². The lowest BCUT2D eigenvalue weighted by atomic mass is 10.2. The third-order valence-corrected chi connectivity index (χ3v) is 2.09. The number of halogens is 1. The van der Waals surface area contributed by atoms with Gasteiger partial charge in [0.25, 0.3) is 0 Å². The highest BCUT2D eigenvalue weighted by Crippen LogP contribution is 2.19. The Morgan fingerprint density at radius 3 is 2.71 bits per heavy atom. The van der Waals surface area contributed by atoms with E-state index in [1.165, 1.54) is 0 Å². The van der Waals surface area contributed by atoms with E-state index in [0.717, 1.165) is 16.3 Å². The molecule has 0 aromatic heterocycles. The largest absolute Gasteiger partial charge is 0.383 e. The molecule has 1 aromatic carbocycles. The van der Waals surface area contributed by atoms with Crippen LogP contribution < -0.4 is 5.32 Å². The van der Waals surface area contributed by atoms with Gasteiger partial charge in [0.05, 0.1) is 6.61 Å². The Bertz CT molecular complexity index is 281. The predicted molar refractivity (Wildman–Crippen MR) is 61.1 cm³/mol. The predicted octanol–water partition coefficient (Wildman–Crippen LogP) is 3.10. The van der Waals surface area contributed by atoms with E-state index >= 15 is 0 Å². The van der Waals surface area contributed by atoms with Crippen molar-refractivity contribution in [2.45, 2.75) is 19.9 Å². The molecule has 0 aliphatic rings. The molecule has 0 heterocycles. The molecule has 0 radical (unpaired) electrons. The molecule has 78 valence electrons. The van der Waals surface area contributed by atoms with E-state index in [4.69, 9.17) is 16.3 Å². The van der Waals surface area contributed by atoms with E-state index in [1.807, 2.05) is 19.1 Å². The number of ether oxygens (including phenoxy) is 1. The average molecular weight is 214 g/mol. The maximum absolute atomic E-state index is 5.94. The van der Waals surface area contributed by atoms with Crippen molar-refractivity contribution < 1.29 is 4.74 Å². The number of anilines is 1. The summed E-state index contributed by atoms with van der Waals surface area (Å²) in [7, 11) is 1.70. The molecule has 0 saturated carbocycles. The van der Waals surface area contributed by atoms with Crippen LogP contribution in [0.15, 0.2) is 18.2 Å². The highest BCUT2D eigenvalue weighted by Gasteiger charge is 2.02. The standard InChI is InChI=1S/C11H16ClNO/c1-8-4-10(12)6-11(5-8)13-9(2)7-14-3/h4-6,9,13H,7H2,1-3H3/t9-/m0/s1. The normalized spacial score (nSPS) is 12.6. The van der Waals surface area contributed by atoms with E-state index in [-0.39, 0.29) is 6.04 Å². The summed E-state index contributed by atoms with van der Waals surface area (Å²) in [6.45, 7) is 4.78. The molecule has 0 spiro atoms. The van der Waals surface area contributed by atoms with Crippen molar-refractivity contribution in [3.05, 3.63) is 28.8 Å². The van der Waals surface area contributed by atoms with Crippen LogP contribution >= 0.6 is 11.6 Å². The van der Waals surface area contributed by atoms with Gasteiger partial charge in [-0.3, -0.25) is 0 Å². The molecule has 0 saturated heterocycles. The summed E-state index contributed by atoms with van der Waals surface area (Å²) in [6, 6.07) is 6.21. The first-order valence-electron chi connectivity index (χ1n) is 4.64. The van der Waals surface area contributed by atoms with Gasteiger partial charge in [0.2, 0.25) is 0 Å². The molecule has 1 N–H and O–H groups in total. The summed E-state index contributed by atoms with van der Waals surface area (Å²) >= 11 is 5.94. The summed E-state index contributed by atoms with van der Waals surface area (Å²) in [6.07, 6.45) is 0. The molecular weight excluding hydrogens is 198 g/mol. The molecule has 2 nitrogen and oxygen atoms in total. The van der Waals surface area contributed by atoms with Crippen LogP contribution in [0.5, 0.6) is 0 Å². The Hall–Kier alpha value is -0.730. The van der Waals surface area contributed by atoms with E-state index in [1.54, 1.807) is 7.11 Å². The van der Waals surface area contributed by atoms with Crippen LogP contribution in [-0.4, -0.2) is 19.8 Å². The van der Waals surface area contributed by atoms with Crippen LogP contribution in [0, 0.1) is 6.92 Å². The van der Waals surface area contributed by atoms with Crippen molar-refractivity contribution in [1.82, 2.24) is 0 Å². The van der Waals surface area contributed by atoms with Gasteiger partial charge in [0.15, 0.2) is 0 Å². The fourth-order valence-electron chi connectivity index (χ4n) is 1.40. The molecule has 0 bridgehead atoms. The first-order valence-corrected chi connectivity index (χ1v) is 5.02. The Morgan fingerprint density at radius 2 is 2.14 bits per heavy atom. The van der Waals surface area contributed by atoms with Gasteiger partial charge in [-0.05, 0) is 37.6 Å². The Labute approximate surface area is 90.2 Å². The van der Waals surface area contributed by atoms with Gasteiger partial charge in [0, 0.05) is 23.9 Å². The second kappa shape index (κ2) is 5.23. The van der Waals surface area contributed by atoms with Crippen molar-refractivity contribution >= 4 is 17.3 Å². The van der Waals surface area contributed by atoms with Crippen molar-refractivity contribution in [3.63, 3.8) is 0 Å². The zero-order chi connectivity index (χ0) is 10.6. The third kappa shape index (κ3) is 3.56. The van der Waals surface area contributed by atoms with E-state index in [2.05, 4.69) is 18.3 Å². The lowest BCUT2D eigenvalue weighted by molar-refractivity contribution is 0.190. The number of hydrogen-bond donors (Lipinski definition) is 1. The number of methoxy groups -OCH3 is 1. The van der Waals surface area contributed by atoms with Gasteiger partial charge in [-0.15, -0.1) is 0 Å². The van der Waals surface area contributed by atoms with Crippen LogP contribution in [0.25, 0.3) is 0 Å². The molecule has 0 fully saturated rings. The fraction of sp³-hybridized carbons (Fsp3) is 0.455. The molecule has 1 atom stereocenters. The van der Waals surface area contributed by atoms with Crippen LogP contribution in [-0.2, 0) is 4.74 Å². The highest BCUT2D eigenvalue weighted by molar-refractivity contribution is 6.30. The second-order valence-electron chi connectivity index (χ2n) is 3.52. The summed E-state index contributed by atoms with van der Waals surface area (Å²) in [5.41, 5.74) is 2.20. The second-order valence-corrected chi connectivity index (χ2v) is 3.95. The SMILES string of the molecule is COC[C@H](C)Nc1cc(C)cc(Cl)c1. The molecule has 3 heteroatoms. The van der Waals surface area contributed by atoms with Gasteiger partial charge in [0.1, 0.15) is 0 Å². The van der Waals surface area contributed by atoms with Crippen molar-refractivity contribution in [3.8, 4) is 0 Å². The molecular formula is C11H16ClNO. The van der Waals surface area contributed by atoms with Crippen LogP contribution in [0.3, 0.4) is 0 Å². The Morgan fingerprint density at radius 1 is 1.43 bits per heavy atom. The van der Waals surface area contributed by atoms with Crippen LogP contribution in [0.1, 0.15) is 12.5 Å². The molecule has 0 unspecified atom stereocenters. The minimum absolute atomic E-state index is 0.290. The monoisotopic (exact) mass is 213 g/mol. The maximum Gasteiger partial charge on any atom is 0.0661 e. The number of nitrogens with one attached hydrogen (secondary N) is 1. The number of rotatable bonds is 4. The lowest BCUT2D eigenvalue weighted by Gasteiger charge is -2.14. The van der Waals surface area contributed by atoms with Crippen LogP contribution in [0.2, 0.25) is 5.02 Å². The summed E-state index contributed by atoms with van der Waals surface area (Å²) in [5, 5.41) is 4.08. The molecule has 14 heavy (non-hydrogen) atoms. The molecule has 0 aliphatic heterocycles. The van der Waals surface area contributed by atoms with Gasteiger partial charge in [-0.2, -0.15) is 0 Å². The zero-order valence-electron chi connectivity index (χ0n) is 8.80. The summed E-state index contributed by atoms with van der Waals surface area (Å²) in [5.74, 6) is 0.